The molecule has 0 radical (unpaired) electrons. The molecule has 1 aromatic heterocycles. The van der Waals surface area contributed by atoms with Gasteiger partial charge in [0.1, 0.15) is 12.4 Å². The Bertz CT molecular complexity index is 571. The molecule has 0 aliphatic rings. The molecular weight excluding hydrogens is 274 g/mol. The zero-order valence-electron chi connectivity index (χ0n) is 11.6. The predicted octanol–water partition coefficient (Wildman–Crippen LogP) is 1.84. The van der Waals surface area contributed by atoms with E-state index in [9.17, 15) is 5.11 Å². The lowest BCUT2D eigenvalue weighted by molar-refractivity contribution is 0.126. The second-order valence-electron chi connectivity index (χ2n) is 4.60. The Kier molecular flexibility index (Phi) is 4.92. The number of aliphatic hydroxyl groups is 1. The topological polar surface area (TPSA) is 73.3 Å². The van der Waals surface area contributed by atoms with Crippen LogP contribution in [0, 0.1) is 6.92 Å². The molecule has 1 heterocycles. The van der Waals surface area contributed by atoms with E-state index in [2.05, 4.69) is 5.10 Å². The third-order valence-electron chi connectivity index (χ3n) is 2.68. The average molecular weight is 293 g/mol. The number of aromatic nitrogens is 2. The van der Waals surface area contributed by atoms with E-state index in [1.165, 1.54) is 0 Å². The molecule has 2 aromatic rings. The van der Waals surface area contributed by atoms with Crippen molar-refractivity contribution in [1.82, 2.24) is 9.78 Å². The van der Waals surface area contributed by atoms with Crippen LogP contribution in [0.5, 0.6) is 5.75 Å². The van der Waals surface area contributed by atoms with Crippen molar-refractivity contribution < 1.29 is 9.84 Å². The van der Waals surface area contributed by atoms with Gasteiger partial charge in [-0.25, -0.2) is 0 Å². The monoisotopic (exact) mass is 293 g/mol. The molecule has 5 nitrogen and oxygen atoms in total. The van der Waals surface area contributed by atoms with E-state index < -0.39 is 6.10 Å². The number of rotatable bonds is 6. The van der Waals surface area contributed by atoms with Gasteiger partial charge in [-0.1, -0.05) is 6.07 Å². The van der Waals surface area contributed by atoms with Crippen molar-refractivity contribution >= 4 is 17.4 Å². The summed E-state index contributed by atoms with van der Waals surface area (Å²) in [6.45, 7) is 2.19. The van der Waals surface area contributed by atoms with E-state index in [4.69, 9.17) is 10.5 Å². The molecule has 1 atom stereocenters. The number of thioether (sulfide) groups is 1. The zero-order chi connectivity index (χ0) is 14.5. The van der Waals surface area contributed by atoms with Crippen molar-refractivity contribution in [3.05, 3.63) is 36.0 Å². The first-order valence-corrected chi connectivity index (χ1v) is 7.33. The van der Waals surface area contributed by atoms with Crippen LogP contribution in [0.15, 0.2) is 35.4 Å². The molecule has 0 aliphatic carbocycles. The highest BCUT2D eigenvalue weighted by Crippen LogP contribution is 2.20. The molecule has 0 spiro atoms. The standard InChI is InChI=1S/C14H19N3O2S/c1-10-6-14(17(2)16-10)20-9-12(18)8-19-13-5-3-4-11(15)7-13/h3-7,12,18H,8-9,15H2,1-2H3. The third kappa shape index (κ3) is 4.18. The summed E-state index contributed by atoms with van der Waals surface area (Å²) in [7, 11) is 1.89. The second-order valence-corrected chi connectivity index (χ2v) is 5.64. The van der Waals surface area contributed by atoms with Gasteiger partial charge < -0.3 is 15.6 Å². The summed E-state index contributed by atoms with van der Waals surface area (Å²) in [4.78, 5) is 0. The van der Waals surface area contributed by atoms with Crippen LogP contribution in [0.2, 0.25) is 0 Å². The number of hydrogen-bond donors (Lipinski definition) is 2. The smallest absolute Gasteiger partial charge is 0.121 e. The molecule has 0 aliphatic heterocycles. The van der Waals surface area contributed by atoms with Gasteiger partial charge >= 0.3 is 0 Å². The molecule has 0 saturated heterocycles. The van der Waals surface area contributed by atoms with Gasteiger partial charge in [0.25, 0.3) is 0 Å². The first-order chi connectivity index (χ1) is 9.54. The van der Waals surface area contributed by atoms with Crippen LogP contribution < -0.4 is 10.5 Å². The molecule has 1 aromatic carbocycles. The number of nitrogens with zero attached hydrogens (tertiary/aromatic N) is 2. The fourth-order valence-electron chi connectivity index (χ4n) is 1.75. The molecule has 20 heavy (non-hydrogen) atoms. The maximum Gasteiger partial charge on any atom is 0.121 e. The highest BCUT2D eigenvalue weighted by molar-refractivity contribution is 7.99. The highest BCUT2D eigenvalue weighted by atomic mass is 32.2. The van der Waals surface area contributed by atoms with E-state index >= 15 is 0 Å². The van der Waals surface area contributed by atoms with E-state index in [1.54, 1.807) is 23.9 Å². The van der Waals surface area contributed by atoms with Gasteiger partial charge in [0.15, 0.2) is 0 Å². The van der Waals surface area contributed by atoms with Crippen LogP contribution in [0.25, 0.3) is 0 Å². The van der Waals surface area contributed by atoms with Gasteiger partial charge in [0.05, 0.1) is 16.8 Å². The number of aryl methyl sites for hydroxylation is 2. The molecule has 108 valence electrons. The van der Waals surface area contributed by atoms with E-state index in [0.717, 1.165) is 10.7 Å². The SMILES string of the molecule is Cc1cc(SCC(O)COc2cccc(N)c2)n(C)n1. The molecule has 6 heteroatoms. The van der Waals surface area contributed by atoms with Crippen molar-refractivity contribution in [1.29, 1.82) is 0 Å². The minimum Gasteiger partial charge on any atom is -0.491 e. The Morgan fingerprint density at radius 3 is 2.90 bits per heavy atom. The lowest BCUT2D eigenvalue weighted by Gasteiger charge is -2.12. The van der Waals surface area contributed by atoms with Crippen LogP contribution in [0.4, 0.5) is 5.69 Å². The Labute approximate surface area is 122 Å². The van der Waals surface area contributed by atoms with Crippen LogP contribution >= 0.6 is 11.8 Å². The highest BCUT2D eigenvalue weighted by Gasteiger charge is 2.09. The fraction of sp³-hybridized carbons (Fsp3) is 0.357. The number of benzene rings is 1. The second kappa shape index (κ2) is 6.67. The molecule has 0 fully saturated rings. The molecule has 3 N–H and O–H groups in total. The van der Waals surface area contributed by atoms with Gasteiger partial charge in [-0.05, 0) is 25.1 Å². The summed E-state index contributed by atoms with van der Waals surface area (Å²) in [5, 5.41) is 15.2. The maximum absolute atomic E-state index is 9.93. The van der Waals surface area contributed by atoms with E-state index in [1.807, 2.05) is 36.9 Å². The van der Waals surface area contributed by atoms with Crippen molar-refractivity contribution in [2.45, 2.75) is 18.1 Å². The first-order valence-electron chi connectivity index (χ1n) is 6.34. The number of hydrogen-bond acceptors (Lipinski definition) is 5. The van der Waals surface area contributed by atoms with Crippen molar-refractivity contribution in [2.75, 3.05) is 18.1 Å². The van der Waals surface area contributed by atoms with Gasteiger partial charge in [-0.15, -0.1) is 11.8 Å². The van der Waals surface area contributed by atoms with E-state index in [-0.39, 0.29) is 6.61 Å². The summed E-state index contributed by atoms with van der Waals surface area (Å²) in [5.41, 5.74) is 7.28. The number of anilines is 1. The first kappa shape index (κ1) is 14.7. The normalized spacial score (nSPS) is 12.3. The molecular formula is C14H19N3O2S. The summed E-state index contributed by atoms with van der Waals surface area (Å²) >= 11 is 1.56. The van der Waals surface area contributed by atoms with E-state index in [0.29, 0.717) is 17.2 Å². The Morgan fingerprint density at radius 2 is 2.25 bits per heavy atom. The summed E-state index contributed by atoms with van der Waals surface area (Å²) in [6.07, 6.45) is -0.545. The predicted molar refractivity (Wildman–Crippen MR) is 81.0 cm³/mol. The lowest BCUT2D eigenvalue weighted by Crippen LogP contribution is -2.20. The average Bonchev–Trinajstić information content (AvgIpc) is 2.72. The minimum atomic E-state index is -0.545. The molecule has 0 amide bonds. The summed E-state index contributed by atoms with van der Waals surface area (Å²) < 4.78 is 7.32. The largest absolute Gasteiger partial charge is 0.491 e. The van der Waals surface area contributed by atoms with Crippen LogP contribution in [0.1, 0.15) is 5.69 Å². The number of nitrogens with two attached hydrogens (primary N) is 1. The fourth-order valence-corrected chi connectivity index (χ4v) is 2.69. The third-order valence-corrected chi connectivity index (χ3v) is 3.91. The van der Waals surface area contributed by atoms with Crippen LogP contribution in [-0.2, 0) is 7.05 Å². The van der Waals surface area contributed by atoms with Gasteiger partial charge in [-0.2, -0.15) is 5.10 Å². The molecule has 0 saturated carbocycles. The van der Waals surface area contributed by atoms with Gasteiger partial charge in [0.2, 0.25) is 0 Å². The van der Waals surface area contributed by atoms with Gasteiger partial charge in [0, 0.05) is 24.6 Å². The molecule has 1 unspecified atom stereocenters. The zero-order valence-corrected chi connectivity index (χ0v) is 12.4. The van der Waals surface area contributed by atoms with Crippen LogP contribution in [0.3, 0.4) is 0 Å². The Hall–Kier alpha value is -1.66. The van der Waals surface area contributed by atoms with Crippen molar-refractivity contribution in [2.24, 2.45) is 7.05 Å². The number of ether oxygens (including phenoxy) is 1. The molecule has 2 rings (SSSR count). The molecule has 0 bridgehead atoms. The van der Waals surface area contributed by atoms with Gasteiger partial charge in [-0.3, -0.25) is 4.68 Å². The maximum atomic E-state index is 9.93. The minimum absolute atomic E-state index is 0.243. The van der Waals surface area contributed by atoms with Crippen LogP contribution in [-0.4, -0.2) is 33.4 Å². The number of aliphatic hydroxyl groups excluding tert-OH is 1. The van der Waals surface area contributed by atoms with Crippen molar-refractivity contribution in [3.8, 4) is 5.75 Å². The quantitative estimate of drug-likeness (QED) is 0.628. The number of nitrogen functional groups attached to an aromatic ring is 1. The lowest BCUT2D eigenvalue weighted by atomic mass is 10.3. The Morgan fingerprint density at radius 1 is 1.45 bits per heavy atom. The summed E-state index contributed by atoms with van der Waals surface area (Å²) in [6, 6.07) is 9.18. The van der Waals surface area contributed by atoms with Crippen molar-refractivity contribution in [3.63, 3.8) is 0 Å². The Balaban J connectivity index is 1.78. The summed E-state index contributed by atoms with van der Waals surface area (Å²) in [5.74, 6) is 1.23.